The van der Waals surface area contributed by atoms with Gasteiger partial charge in [0.2, 0.25) is 21.8 Å². The number of aryl methyl sites for hydroxylation is 1. The van der Waals surface area contributed by atoms with Crippen molar-refractivity contribution in [2.45, 2.75) is 19.8 Å². The van der Waals surface area contributed by atoms with E-state index in [0.717, 1.165) is 5.56 Å². The maximum atomic E-state index is 12.4. The van der Waals surface area contributed by atoms with E-state index in [2.05, 4.69) is 15.5 Å². The number of carbonyl (C=O) groups is 1. The molecule has 0 radical (unpaired) electrons. The quantitative estimate of drug-likeness (QED) is 0.856. The molecule has 0 saturated carbocycles. The molecule has 0 atom stereocenters. The Kier molecular flexibility index (Phi) is 5.48. The predicted molar refractivity (Wildman–Crippen MR) is 96.4 cm³/mol. The van der Waals surface area contributed by atoms with Gasteiger partial charge >= 0.3 is 6.01 Å². The summed E-state index contributed by atoms with van der Waals surface area (Å²) < 4.78 is 31.4. The molecule has 26 heavy (non-hydrogen) atoms. The van der Waals surface area contributed by atoms with Crippen molar-refractivity contribution in [1.29, 1.82) is 0 Å². The summed E-state index contributed by atoms with van der Waals surface area (Å²) in [5, 5.41) is 11.2. The molecule has 1 aliphatic rings. The molecule has 1 aliphatic heterocycles. The van der Waals surface area contributed by atoms with Crippen molar-refractivity contribution in [1.82, 2.24) is 14.5 Å². The Hall–Kier alpha value is -2.52. The highest BCUT2D eigenvalue weighted by Crippen LogP contribution is 2.22. The second kappa shape index (κ2) is 7.79. The van der Waals surface area contributed by atoms with Crippen LogP contribution in [-0.4, -0.2) is 41.9 Å². The molecule has 1 N–H and O–H groups in total. The summed E-state index contributed by atoms with van der Waals surface area (Å²) in [7, 11) is -3.51. The first kappa shape index (κ1) is 18.3. The first-order valence-electron chi connectivity index (χ1n) is 8.28. The molecule has 0 unspecified atom stereocenters. The van der Waals surface area contributed by atoms with Crippen molar-refractivity contribution >= 4 is 28.0 Å². The number of rotatable bonds is 5. The molecule has 1 amide bonds. The van der Waals surface area contributed by atoms with E-state index in [4.69, 9.17) is 4.42 Å². The van der Waals surface area contributed by atoms with Gasteiger partial charge in [0.25, 0.3) is 0 Å². The molecule has 0 spiro atoms. The van der Waals surface area contributed by atoms with Gasteiger partial charge in [-0.3, -0.25) is 10.1 Å². The van der Waals surface area contributed by atoms with E-state index >= 15 is 0 Å². The summed E-state index contributed by atoms with van der Waals surface area (Å²) in [5.41, 5.74) is 0.820. The van der Waals surface area contributed by atoms with E-state index in [1.54, 1.807) is 13.0 Å². The average molecular weight is 376 g/mol. The van der Waals surface area contributed by atoms with Gasteiger partial charge < -0.3 is 4.42 Å². The SMILES string of the molecule is Cc1nnc(NC(=O)C2CCN(S(=O)(=O)C=Cc3ccccc3)CC2)o1. The second-order valence-corrected chi connectivity index (χ2v) is 7.87. The largest absolute Gasteiger partial charge is 0.408 e. The lowest BCUT2D eigenvalue weighted by Crippen LogP contribution is -2.40. The highest BCUT2D eigenvalue weighted by Gasteiger charge is 2.30. The summed E-state index contributed by atoms with van der Waals surface area (Å²) in [6.07, 6.45) is 2.46. The molecule has 9 heteroatoms. The molecule has 1 aromatic heterocycles. The molecular formula is C17H20N4O4S. The van der Waals surface area contributed by atoms with Gasteiger partial charge in [-0.05, 0) is 24.5 Å². The predicted octanol–water partition coefficient (Wildman–Crippen LogP) is 2.03. The van der Waals surface area contributed by atoms with E-state index in [0.29, 0.717) is 31.8 Å². The van der Waals surface area contributed by atoms with E-state index in [9.17, 15) is 13.2 Å². The average Bonchev–Trinajstić information content (AvgIpc) is 3.06. The Bertz CT molecular complexity index is 884. The van der Waals surface area contributed by atoms with Crippen LogP contribution in [0.15, 0.2) is 40.2 Å². The molecule has 1 aromatic carbocycles. The molecule has 1 saturated heterocycles. The van der Waals surface area contributed by atoms with Gasteiger partial charge in [0.15, 0.2) is 0 Å². The number of piperidine rings is 1. The summed E-state index contributed by atoms with van der Waals surface area (Å²) in [5.74, 6) is -0.149. The van der Waals surface area contributed by atoms with Gasteiger partial charge in [-0.25, -0.2) is 8.42 Å². The number of nitrogens with zero attached hydrogens (tertiary/aromatic N) is 3. The number of carbonyl (C=O) groups excluding carboxylic acids is 1. The first-order valence-corrected chi connectivity index (χ1v) is 9.78. The zero-order valence-corrected chi connectivity index (χ0v) is 15.1. The third-order valence-corrected chi connectivity index (χ3v) is 5.74. The van der Waals surface area contributed by atoms with E-state index in [1.165, 1.54) is 9.71 Å². The van der Waals surface area contributed by atoms with Crippen LogP contribution in [0.3, 0.4) is 0 Å². The van der Waals surface area contributed by atoms with Crippen molar-refractivity contribution in [2.75, 3.05) is 18.4 Å². The highest BCUT2D eigenvalue weighted by molar-refractivity contribution is 7.92. The Balaban J connectivity index is 1.55. The number of hydrogen-bond acceptors (Lipinski definition) is 6. The zero-order valence-electron chi connectivity index (χ0n) is 14.3. The third kappa shape index (κ3) is 4.55. The highest BCUT2D eigenvalue weighted by atomic mass is 32.2. The lowest BCUT2D eigenvalue weighted by atomic mass is 9.97. The Labute approximate surface area is 152 Å². The van der Waals surface area contributed by atoms with Crippen LogP contribution in [0.5, 0.6) is 0 Å². The maximum Gasteiger partial charge on any atom is 0.322 e. The van der Waals surface area contributed by atoms with Crippen molar-refractivity contribution in [2.24, 2.45) is 5.92 Å². The minimum atomic E-state index is -3.51. The van der Waals surface area contributed by atoms with Crippen molar-refractivity contribution in [3.63, 3.8) is 0 Å². The summed E-state index contributed by atoms with van der Waals surface area (Å²) in [4.78, 5) is 12.2. The smallest absolute Gasteiger partial charge is 0.322 e. The van der Waals surface area contributed by atoms with Crippen molar-refractivity contribution < 1.29 is 17.6 Å². The number of hydrogen-bond donors (Lipinski definition) is 1. The number of benzene rings is 1. The standard InChI is InChI=1S/C17H20N4O4S/c1-13-19-20-17(25-13)18-16(22)15-7-10-21(11-8-15)26(23,24)12-9-14-5-3-2-4-6-14/h2-6,9,12,15H,7-8,10-11H2,1H3,(H,18,20,22). The number of anilines is 1. The molecule has 3 rings (SSSR count). The molecule has 0 bridgehead atoms. The fourth-order valence-electron chi connectivity index (χ4n) is 2.74. The van der Waals surface area contributed by atoms with Crippen LogP contribution in [0.2, 0.25) is 0 Å². The summed E-state index contributed by atoms with van der Waals surface area (Å²) in [6.45, 7) is 2.22. The van der Waals surface area contributed by atoms with Gasteiger partial charge in [0, 0.05) is 31.3 Å². The van der Waals surface area contributed by atoms with E-state index in [-0.39, 0.29) is 17.8 Å². The molecular weight excluding hydrogens is 356 g/mol. The summed E-state index contributed by atoms with van der Waals surface area (Å²) in [6, 6.07) is 9.30. The Morgan fingerprint density at radius 3 is 2.54 bits per heavy atom. The minimum Gasteiger partial charge on any atom is -0.408 e. The van der Waals surface area contributed by atoms with Crippen LogP contribution in [0, 0.1) is 12.8 Å². The van der Waals surface area contributed by atoms with Gasteiger partial charge in [0.1, 0.15) is 0 Å². The van der Waals surface area contributed by atoms with Crippen LogP contribution in [0.4, 0.5) is 6.01 Å². The summed E-state index contributed by atoms with van der Waals surface area (Å²) >= 11 is 0. The number of aromatic nitrogens is 2. The Morgan fingerprint density at radius 2 is 1.92 bits per heavy atom. The maximum absolute atomic E-state index is 12.4. The number of nitrogens with one attached hydrogen (secondary N) is 1. The molecule has 8 nitrogen and oxygen atoms in total. The normalized spacial score (nSPS) is 16.8. The molecule has 1 fully saturated rings. The van der Waals surface area contributed by atoms with Crippen LogP contribution in [-0.2, 0) is 14.8 Å². The number of sulfonamides is 1. The topological polar surface area (TPSA) is 105 Å². The lowest BCUT2D eigenvalue weighted by molar-refractivity contribution is -0.121. The monoisotopic (exact) mass is 376 g/mol. The van der Waals surface area contributed by atoms with Crippen LogP contribution in [0.1, 0.15) is 24.3 Å². The molecule has 2 aromatic rings. The zero-order chi connectivity index (χ0) is 18.6. The van der Waals surface area contributed by atoms with Gasteiger partial charge in [0.05, 0.1) is 0 Å². The molecule has 2 heterocycles. The van der Waals surface area contributed by atoms with Gasteiger partial charge in [-0.1, -0.05) is 35.4 Å². The minimum absolute atomic E-state index is 0.0633. The van der Waals surface area contributed by atoms with Crippen molar-refractivity contribution in [3.8, 4) is 0 Å². The van der Waals surface area contributed by atoms with Crippen LogP contribution < -0.4 is 5.32 Å². The third-order valence-electron chi connectivity index (χ3n) is 4.17. The second-order valence-electron chi connectivity index (χ2n) is 6.05. The van der Waals surface area contributed by atoms with Crippen molar-refractivity contribution in [3.05, 3.63) is 47.2 Å². The van der Waals surface area contributed by atoms with E-state index in [1.807, 2.05) is 30.3 Å². The fraction of sp³-hybridized carbons (Fsp3) is 0.353. The number of amides is 1. The fourth-order valence-corrected chi connectivity index (χ4v) is 3.96. The van der Waals surface area contributed by atoms with E-state index < -0.39 is 10.0 Å². The van der Waals surface area contributed by atoms with Crippen LogP contribution in [0.25, 0.3) is 6.08 Å². The molecule has 138 valence electrons. The van der Waals surface area contributed by atoms with Crippen LogP contribution >= 0.6 is 0 Å². The van der Waals surface area contributed by atoms with Gasteiger partial charge in [-0.15, -0.1) is 5.10 Å². The lowest BCUT2D eigenvalue weighted by Gasteiger charge is -2.29. The first-order chi connectivity index (χ1) is 12.4. The van der Waals surface area contributed by atoms with Gasteiger partial charge in [-0.2, -0.15) is 4.31 Å². The Morgan fingerprint density at radius 1 is 1.23 bits per heavy atom. The molecule has 0 aliphatic carbocycles.